The molecule has 1 aromatic rings. The Morgan fingerprint density at radius 3 is 3.00 bits per heavy atom. The molecule has 0 spiro atoms. The average molecular weight is 167 g/mol. The predicted molar refractivity (Wildman–Crippen MR) is 47.4 cm³/mol. The van der Waals surface area contributed by atoms with Crippen LogP contribution in [0.2, 0.25) is 0 Å². The van der Waals surface area contributed by atoms with Gasteiger partial charge in [0.05, 0.1) is 6.20 Å². The number of hydrogen-bond acceptors (Lipinski definition) is 3. The van der Waals surface area contributed by atoms with Crippen molar-refractivity contribution in [3.8, 4) is 0 Å². The molecule has 0 aliphatic heterocycles. The molecular formula is C8H13N3O. The van der Waals surface area contributed by atoms with Gasteiger partial charge in [0.2, 0.25) is 0 Å². The van der Waals surface area contributed by atoms with Gasteiger partial charge in [-0.25, -0.2) is 4.98 Å². The Morgan fingerprint density at radius 2 is 2.42 bits per heavy atom. The Bertz CT molecular complexity index is 267. The summed E-state index contributed by atoms with van der Waals surface area (Å²) in [4.78, 5) is 17.9. The smallest absolute Gasteiger partial charge is 0.197 e. The number of rotatable bonds is 4. The van der Waals surface area contributed by atoms with Gasteiger partial charge in [-0.15, -0.1) is 0 Å². The Labute approximate surface area is 71.4 Å². The standard InChI is InChI=1S/C8H13N3O/c1-3-6(12)8-10-5-7(11-8)9-4-2/h5,9H,3-4H2,1-2H3,(H,10,11). The summed E-state index contributed by atoms with van der Waals surface area (Å²) in [5.41, 5.74) is 0. The van der Waals surface area contributed by atoms with Crippen molar-refractivity contribution in [2.75, 3.05) is 11.9 Å². The second-order valence-electron chi connectivity index (χ2n) is 2.45. The summed E-state index contributed by atoms with van der Waals surface area (Å²) in [5.74, 6) is 1.28. The number of hydrogen-bond donors (Lipinski definition) is 2. The molecule has 1 aromatic heterocycles. The highest BCUT2D eigenvalue weighted by molar-refractivity contribution is 5.92. The zero-order valence-electron chi connectivity index (χ0n) is 7.35. The number of imidazole rings is 1. The first-order valence-corrected chi connectivity index (χ1v) is 4.10. The van der Waals surface area contributed by atoms with Gasteiger partial charge in [-0.3, -0.25) is 4.79 Å². The molecule has 0 fully saturated rings. The lowest BCUT2D eigenvalue weighted by Gasteiger charge is -1.95. The van der Waals surface area contributed by atoms with E-state index in [9.17, 15) is 4.79 Å². The van der Waals surface area contributed by atoms with Gasteiger partial charge >= 0.3 is 0 Å². The SMILES string of the molecule is CCNc1cnc(C(=O)CC)[nH]1. The summed E-state index contributed by atoms with van der Waals surface area (Å²) in [5, 5.41) is 3.04. The summed E-state index contributed by atoms with van der Waals surface area (Å²) in [6, 6.07) is 0. The molecule has 0 saturated carbocycles. The highest BCUT2D eigenvalue weighted by Gasteiger charge is 2.06. The van der Waals surface area contributed by atoms with Crippen LogP contribution < -0.4 is 5.32 Å². The van der Waals surface area contributed by atoms with E-state index in [-0.39, 0.29) is 5.78 Å². The highest BCUT2D eigenvalue weighted by atomic mass is 16.1. The molecule has 0 unspecified atom stereocenters. The molecular weight excluding hydrogens is 154 g/mol. The van der Waals surface area contributed by atoms with Gasteiger partial charge in [-0.1, -0.05) is 6.92 Å². The molecule has 0 aliphatic carbocycles. The molecule has 4 nitrogen and oxygen atoms in total. The van der Waals surface area contributed by atoms with Crippen LogP contribution in [0, 0.1) is 0 Å². The number of carbonyl (C=O) groups excluding carboxylic acids is 1. The lowest BCUT2D eigenvalue weighted by Crippen LogP contribution is -2.00. The van der Waals surface area contributed by atoms with Crippen molar-refractivity contribution in [2.45, 2.75) is 20.3 Å². The average Bonchev–Trinajstić information content (AvgIpc) is 2.52. The number of ketones is 1. The van der Waals surface area contributed by atoms with Crippen LogP contribution >= 0.6 is 0 Å². The summed E-state index contributed by atoms with van der Waals surface area (Å²) < 4.78 is 0. The second kappa shape index (κ2) is 3.90. The third-order valence-electron chi connectivity index (χ3n) is 1.53. The summed E-state index contributed by atoms with van der Waals surface area (Å²) >= 11 is 0. The zero-order valence-corrected chi connectivity index (χ0v) is 7.35. The van der Waals surface area contributed by atoms with Gasteiger partial charge in [-0.05, 0) is 6.92 Å². The molecule has 0 atom stereocenters. The van der Waals surface area contributed by atoms with Gasteiger partial charge in [0, 0.05) is 13.0 Å². The number of anilines is 1. The summed E-state index contributed by atoms with van der Waals surface area (Å²) in [6.07, 6.45) is 2.12. The minimum atomic E-state index is 0.0409. The molecule has 1 rings (SSSR count). The number of aromatic nitrogens is 2. The van der Waals surface area contributed by atoms with Crippen LogP contribution in [0.3, 0.4) is 0 Å². The van der Waals surface area contributed by atoms with Crippen molar-refractivity contribution in [1.82, 2.24) is 9.97 Å². The summed E-state index contributed by atoms with van der Waals surface area (Å²) in [6.45, 7) is 4.63. The molecule has 2 N–H and O–H groups in total. The van der Waals surface area contributed by atoms with Crippen LogP contribution in [0.4, 0.5) is 5.82 Å². The van der Waals surface area contributed by atoms with Gasteiger partial charge in [0.1, 0.15) is 5.82 Å². The maximum Gasteiger partial charge on any atom is 0.197 e. The topological polar surface area (TPSA) is 57.8 Å². The number of H-pyrrole nitrogens is 1. The molecule has 0 saturated heterocycles. The van der Waals surface area contributed by atoms with E-state index < -0.39 is 0 Å². The van der Waals surface area contributed by atoms with Gasteiger partial charge in [0.15, 0.2) is 11.6 Å². The predicted octanol–water partition coefficient (Wildman–Crippen LogP) is 1.43. The Kier molecular flexibility index (Phi) is 2.85. The molecule has 0 radical (unpaired) electrons. The Hall–Kier alpha value is -1.32. The van der Waals surface area contributed by atoms with Crippen molar-refractivity contribution in [3.63, 3.8) is 0 Å². The number of nitrogens with zero attached hydrogens (tertiary/aromatic N) is 1. The largest absolute Gasteiger partial charge is 0.371 e. The molecule has 12 heavy (non-hydrogen) atoms. The van der Waals surface area contributed by atoms with E-state index >= 15 is 0 Å². The number of nitrogens with one attached hydrogen (secondary N) is 2. The lowest BCUT2D eigenvalue weighted by molar-refractivity contribution is 0.0979. The van der Waals surface area contributed by atoms with Crippen LogP contribution in [-0.2, 0) is 0 Å². The third-order valence-corrected chi connectivity index (χ3v) is 1.53. The minimum absolute atomic E-state index is 0.0409. The normalized spacial score (nSPS) is 9.83. The maximum atomic E-state index is 11.1. The van der Waals surface area contributed by atoms with E-state index in [4.69, 9.17) is 0 Å². The van der Waals surface area contributed by atoms with Gasteiger partial charge in [-0.2, -0.15) is 0 Å². The van der Waals surface area contributed by atoms with E-state index in [1.54, 1.807) is 6.20 Å². The van der Waals surface area contributed by atoms with Crippen molar-refractivity contribution in [1.29, 1.82) is 0 Å². The third kappa shape index (κ3) is 1.84. The van der Waals surface area contributed by atoms with Crippen LogP contribution in [0.1, 0.15) is 30.9 Å². The van der Waals surface area contributed by atoms with Gasteiger partial charge < -0.3 is 10.3 Å². The monoisotopic (exact) mass is 167 g/mol. The number of Topliss-reactive ketones (excluding diaryl/α,β-unsaturated/α-hetero) is 1. The zero-order chi connectivity index (χ0) is 8.97. The number of carbonyl (C=O) groups is 1. The van der Waals surface area contributed by atoms with E-state index in [1.807, 2.05) is 13.8 Å². The fraction of sp³-hybridized carbons (Fsp3) is 0.500. The van der Waals surface area contributed by atoms with E-state index in [0.717, 1.165) is 12.4 Å². The fourth-order valence-electron chi connectivity index (χ4n) is 0.911. The molecule has 66 valence electrons. The lowest BCUT2D eigenvalue weighted by atomic mass is 10.3. The van der Waals surface area contributed by atoms with E-state index in [0.29, 0.717) is 12.2 Å². The molecule has 0 bridgehead atoms. The van der Waals surface area contributed by atoms with E-state index in [2.05, 4.69) is 15.3 Å². The van der Waals surface area contributed by atoms with Crippen LogP contribution in [-0.4, -0.2) is 22.3 Å². The molecule has 0 aliphatic rings. The first-order valence-electron chi connectivity index (χ1n) is 4.10. The first-order chi connectivity index (χ1) is 5.77. The van der Waals surface area contributed by atoms with Crippen LogP contribution in [0.25, 0.3) is 0 Å². The number of aromatic amines is 1. The highest BCUT2D eigenvalue weighted by Crippen LogP contribution is 2.04. The fourth-order valence-corrected chi connectivity index (χ4v) is 0.911. The summed E-state index contributed by atoms with van der Waals surface area (Å²) in [7, 11) is 0. The van der Waals surface area contributed by atoms with Crippen molar-refractivity contribution in [2.24, 2.45) is 0 Å². The molecule has 0 amide bonds. The molecule has 4 heteroatoms. The molecule has 1 heterocycles. The Morgan fingerprint density at radius 1 is 1.67 bits per heavy atom. The van der Waals surface area contributed by atoms with E-state index in [1.165, 1.54) is 0 Å². The second-order valence-corrected chi connectivity index (χ2v) is 2.45. The quantitative estimate of drug-likeness (QED) is 0.667. The van der Waals surface area contributed by atoms with Crippen LogP contribution in [0.5, 0.6) is 0 Å². The maximum absolute atomic E-state index is 11.1. The molecule has 0 aromatic carbocycles. The van der Waals surface area contributed by atoms with Crippen molar-refractivity contribution in [3.05, 3.63) is 12.0 Å². The van der Waals surface area contributed by atoms with Crippen molar-refractivity contribution >= 4 is 11.6 Å². The minimum Gasteiger partial charge on any atom is -0.371 e. The van der Waals surface area contributed by atoms with Crippen LogP contribution in [0.15, 0.2) is 6.20 Å². The van der Waals surface area contributed by atoms with Crippen molar-refractivity contribution < 1.29 is 4.79 Å². The van der Waals surface area contributed by atoms with Gasteiger partial charge in [0.25, 0.3) is 0 Å². The Balaban J connectivity index is 2.70. The first kappa shape index (κ1) is 8.77.